The summed E-state index contributed by atoms with van der Waals surface area (Å²) in [5.41, 5.74) is 4.28. The number of aromatic nitrogens is 5. The summed E-state index contributed by atoms with van der Waals surface area (Å²) in [5.74, 6) is 0.739. The zero-order valence-electron chi connectivity index (χ0n) is 19.7. The number of anilines is 1. The zero-order chi connectivity index (χ0) is 24.1. The molecule has 0 aromatic carbocycles. The van der Waals surface area contributed by atoms with Gasteiger partial charge in [-0.25, -0.2) is 14.6 Å². The van der Waals surface area contributed by atoms with Gasteiger partial charge in [-0.15, -0.1) is 5.10 Å². The number of pyridine rings is 2. The van der Waals surface area contributed by atoms with Crippen LogP contribution in [0.3, 0.4) is 0 Å². The van der Waals surface area contributed by atoms with Crippen molar-refractivity contribution in [2.45, 2.75) is 39.7 Å². The molecule has 0 bridgehead atoms. The lowest BCUT2D eigenvalue weighted by Gasteiger charge is -2.34. The maximum absolute atomic E-state index is 11.9. The standard InChI is InChI=1S/C24H29IN6O3/c1-4-33-23(32)12-17-6-5-11-31(14-17)20-8-7-19(27-16(20)2)24-21(30(3)29-28-24)15-34-22-13-18(25)9-10-26-22/h7-10,13,17H,4-6,11-12,14-15H2,1-3H3. The van der Waals surface area contributed by atoms with E-state index in [1.165, 1.54) is 0 Å². The first-order chi connectivity index (χ1) is 16.4. The molecule has 1 atom stereocenters. The Morgan fingerprint density at radius 2 is 2.15 bits per heavy atom. The molecule has 0 spiro atoms. The number of esters is 1. The number of piperidine rings is 1. The van der Waals surface area contributed by atoms with E-state index >= 15 is 0 Å². The molecule has 4 heterocycles. The summed E-state index contributed by atoms with van der Waals surface area (Å²) in [7, 11) is 1.84. The van der Waals surface area contributed by atoms with Crippen molar-refractivity contribution in [2.24, 2.45) is 13.0 Å². The molecule has 1 saturated heterocycles. The van der Waals surface area contributed by atoms with Crippen LogP contribution in [0.2, 0.25) is 0 Å². The molecular weight excluding hydrogens is 547 g/mol. The highest BCUT2D eigenvalue weighted by Gasteiger charge is 2.25. The predicted molar refractivity (Wildman–Crippen MR) is 136 cm³/mol. The maximum atomic E-state index is 11.9. The highest BCUT2D eigenvalue weighted by atomic mass is 127. The predicted octanol–water partition coefficient (Wildman–Crippen LogP) is 3.93. The molecule has 34 heavy (non-hydrogen) atoms. The van der Waals surface area contributed by atoms with Crippen molar-refractivity contribution in [1.82, 2.24) is 25.0 Å². The number of rotatable bonds is 8. The highest BCUT2D eigenvalue weighted by molar-refractivity contribution is 14.1. The summed E-state index contributed by atoms with van der Waals surface area (Å²) < 4.78 is 13.8. The van der Waals surface area contributed by atoms with Gasteiger partial charge in [0.25, 0.3) is 0 Å². The number of hydrogen-bond donors (Lipinski definition) is 0. The number of hydrogen-bond acceptors (Lipinski definition) is 8. The highest BCUT2D eigenvalue weighted by Crippen LogP contribution is 2.30. The van der Waals surface area contributed by atoms with E-state index in [2.05, 4.69) is 48.9 Å². The van der Waals surface area contributed by atoms with E-state index < -0.39 is 0 Å². The van der Waals surface area contributed by atoms with Gasteiger partial charge in [0.2, 0.25) is 5.88 Å². The Labute approximate surface area is 213 Å². The first-order valence-corrected chi connectivity index (χ1v) is 12.5. The normalized spacial score (nSPS) is 15.9. The summed E-state index contributed by atoms with van der Waals surface area (Å²) in [6, 6.07) is 7.87. The fraction of sp³-hybridized carbons (Fsp3) is 0.458. The Kier molecular flexibility index (Phi) is 7.96. The second kappa shape index (κ2) is 11.1. The molecular formula is C24H29IN6O3. The van der Waals surface area contributed by atoms with Crippen LogP contribution < -0.4 is 9.64 Å². The van der Waals surface area contributed by atoms with Gasteiger partial charge in [0.05, 0.1) is 30.1 Å². The fourth-order valence-corrected chi connectivity index (χ4v) is 4.70. The summed E-state index contributed by atoms with van der Waals surface area (Å²) in [5, 5.41) is 8.53. The van der Waals surface area contributed by atoms with Gasteiger partial charge in [-0.1, -0.05) is 5.21 Å². The van der Waals surface area contributed by atoms with Crippen LogP contribution in [0.1, 0.15) is 37.6 Å². The number of aryl methyl sites for hydroxylation is 2. The molecule has 3 aromatic heterocycles. The van der Waals surface area contributed by atoms with Crippen LogP contribution in [0.5, 0.6) is 5.88 Å². The molecule has 0 saturated carbocycles. The van der Waals surface area contributed by atoms with Crippen LogP contribution in [-0.4, -0.2) is 50.6 Å². The maximum Gasteiger partial charge on any atom is 0.306 e. The Morgan fingerprint density at radius 3 is 2.91 bits per heavy atom. The second-order valence-electron chi connectivity index (χ2n) is 8.37. The number of halogens is 1. The first kappa shape index (κ1) is 24.4. The number of nitrogens with zero attached hydrogens (tertiary/aromatic N) is 6. The molecule has 0 radical (unpaired) electrons. The minimum atomic E-state index is -0.114. The second-order valence-corrected chi connectivity index (χ2v) is 9.62. The molecule has 180 valence electrons. The van der Waals surface area contributed by atoms with Gasteiger partial charge in [0, 0.05) is 36.0 Å². The third-order valence-electron chi connectivity index (χ3n) is 5.92. The van der Waals surface area contributed by atoms with Crippen molar-refractivity contribution in [3.05, 3.63) is 45.4 Å². The van der Waals surface area contributed by atoms with Gasteiger partial charge in [-0.2, -0.15) is 0 Å². The molecule has 1 aliphatic rings. The van der Waals surface area contributed by atoms with Crippen LogP contribution >= 0.6 is 22.6 Å². The summed E-state index contributed by atoms with van der Waals surface area (Å²) in [6.45, 7) is 6.35. The fourth-order valence-electron chi connectivity index (χ4n) is 4.27. The summed E-state index contributed by atoms with van der Waals surface area (Å²) in [6.07, 6.45) is 4.27. The lowest BCUT2D eigenvalue weighted by Crippen LogP contribution is -2.37. The smallest absolute Gasteiger partial charge is 0.306 e. The lowest BCUT2D eigenvalue weighted by atomic mass is 9.94. The molecule has 1 aliphatic heterocycles. The van der Waals surface area contributed by atoms with E-state index in [0.29, 0.717) is 30.5 Å². The Morgan fingerprint density at radius 1 is 1.29 bits per heavy atom. The van der Waals surface area contributed by atoms with Crippen LogP contribution in [-0.2, 0) is 23.2 Å². The number of carbonyl (C=O) groups excluding carboxylic acids is 1. The SMILES string of the molecule is CCOC(=O)CC1CCCN(c2ccc(-c3nnn(C)c3COc3cc(I)ccn3)nc2C)C1. The third kappa shape index (κ3) is 5.83. The van der Waals surface area contributed by atoms with Crippen molar-refractivity contribution >= 4 is 34.2 Å². The van der Waals surface area contributed by atoms with Crippen LogP contribution in [0.4, 0.5) is 5.69 Å². The van der Waals surface area contributed by atoms with Gasteiger partial charge < -0.3 is 14.4 Å². The average molecular weight is 576 g/mol. The van der Waals surface area contributed by atoms with Gasteiger partial charge in [-0.05, 0) is 73.4 Å². The van der Waals surface area contributed by atoms with E-state index in [0.717, 1.165) is 52.3 Å². The van der Waals surface area contributed by atoms with E-state index in [1.54, 1.807) is 10.9 Å². The minimum absolute atomic E-state index is 0.114. The Bertz CT molecular complexity index is 1150. The van der Waals surface area contributed by atoms with Crippen molar-refractivity contribution in [2.75, 3.05) is 24.6 Å². The monoisotopic (exact) mass is 576 g/mol. The lowest BCUT2D eigenvalue weighted by molar-refractivity contribution is -0.144. The van der Waals surface area contributed by atoms with Gasteiger partial charge in [-0.3, -0.25) is 4.79 Å². The topological polar surface area (TPSA) is 95.3 Å². The quantitative estimate of drug-likeness (QED) is 0.294. The molecule has 3 aromatic rings. The molecule has 0 N–H and O–H groups in total. The van der Waals surface area contributed by atoms with Crippen LogP contribution in [0.15, 0.2) is 30.5 Å². The minimum Gasteiger partial charge on any atom is -0.471 e. The van der Waals surface area contributed by atoms with E-state index in [-0.39, 0.29) is 12.6 Å². The number of ether oxygens (including phenoxy) is 2. The first-order valence-electron chi connectivity index (χ1n) is 11.5. The molecule has 0 aliphatic carbocycles. The van der Waals surface area contributed by atoms with Crippen molar-refractivity contribution in [3.63, 3.8) is 0 Å². The van der Waals surface area contributed by atoms with Crippen molar-refractivity contribution in [3.8, 4) is 17.3 Å². The van der Waals surface area contributed by atoms with Gasteiger partial charge in [0.15, 0.2) is 0 Å². The molecule has 9 nitrogen and oxygen atoms in total. The molecule has 0 amide bonds. The molecule has 1 unspecified atom stereocenters. The third-order valence-corrected chi connectivity index (χ3v) is 6.59. The Balaban J connectivity index is 1.49. The average Bonchev–Trinajstić information content (AvgIpc) is 3.18. The number of carbonyl (C=O) groups is 1. The molecule has 1 fully saturated rings. The molecule has 10 heteroatoms. The van der Waals surface area contributed by atoms with Crippen molar-refractivity contribution < 1.29 is 14.3 Å². The van der Waals surface area contributed by atoms with E-state index in [4.69, 9.17) is 14.5 Å². The van der Waals surface area contributed by atoms with Crippen LogP contribution in [0.25, 0.3) is 11.4 Å². The van der Waals surface area contributed by atoms with Gasteiger partial charge >= 0.3 is 5.97 Å². The Hall–Kier alpha value is -2.76. The largest absolute Gasteiger partial charge is 0.471 e. The molecule has 4 rings (SSSR count). The van der Waals surface area contributed by atoms with Crippen molar-refractivity contribution in [1.29, 1.82) is 0 Å². The van der Waals surface area contributed by atoms with E-state index in [9.17, 15) is 4.79 Å². The summed E-state index contributed by atoms with van der Waals surface area (Å²) in [4.78, 5) is 23.4. The van der Waals surface area contributed by atoms with Gasteiger partial charge in [0.1, 0.15) is 18.0 Å². The summed E-state index contributed by atoms with van der Waals surface area (Å²) >= 11 is 2.23. The van der Waals surface area contributed by atoms with Crippen LogP contribution in [0, 0.1) is 16.4 Å². The van der Waals surface area contributed by atoms with E-state index in [1.807, 2.05) is 39.1 Å². The zero-order valence-corrected chi connectivity index (χ0v) is 21.9.